The fourth-order valence-electron chi connectivity index (χ4n) is 11.9. The van der Waals surface area contributed by atoms with E-state index in [-0.39, 0.29) is 6.71 Å². The van der Waals surface area contributed by atoms with Gasteiger partial charge in [0.05, 0.1) is 11.1 Å². The van der Waals surface area contributed by atoms with Crippen LogP contribution in [0.5, 0.6) is 0 Å². The molecule has 65 heavy (non-hydrogen) atoms. The predicted molar refractivity (Wildman–Crippen MR) is 275 cm³/mol. The minimum absolute atomic E-state index is 0.000262. The van der Waals surface area contributed by atoms with Gasteiger partial charge in [-0.05, 0) is 123 Å². The topological polar surface area (TPSA) is 6.48 Å². The van der Waals surface area contributed by atoms with Crippen molar-refractivity contribution in [2.45, 2.75) is 19.3 Å². The van der Waals surface area contributed by atoms with Crippen molar-refractivity contribution in [3.8, 4) is 44.5 Å². The number of hydrogen-bond acceptors (Lipinski definition) is 3. The van der Waals surface area contributed by atoms with Crippen LogP contribution in [-0.4, -0.2) is 6.71 Å². The van der Waals surface area contributed by atoms with Gasteiger partial charge in [0.15, 0.2) is 0 Å². The fourth-order valence-corrected chi connectivity index (χ4v) is 13.6. The van der Waals surface area contributed by atoms with Gasteiger partial charge in [-0.2, -0.15) is 0 Å². The van der Waals surface area contributed by atoms with Crippen molar-refractivity contribution in [2.75, 3.05) is 9.80 Å². The van der Waals surface area contributed by atoms with E-state index in [1.165, 1.54) is 121 Å². The standard InChI is InChI=1S/C61H41BN2S/c1-38-28-32-43(33-29-38)64-54-27-15-26-53-57(54)62(52-35-31-41(37-55(52)63(53)42-18-7-4-8-19-42)45-21-10-9-20-44(45)40-16-5-3-6-17-40)60-58(64)56-48-34-30-39(2)36-51(48)61(59(56)65-60)49-24-13-11-22-46(49)47-23-12-14-25-50(47)61/h3-37H,1-2H3. The Morgan fingerprint density at radius 3 is 1.71 bits per heavy atom. The van der Waals surface area contributed by atoms with E-state index in [1.54, 1.807) is 0 Å². The van der Waals surface area contributed by atoms with E-state index in [1.807, 2.05) is 0 Å². The van der Waals surface area contributed by atoms with Gasteiger partial charge >= 0.3 is 0 Å². The van der Waals surface area contributed by atoms with Crippen molar-refractivity contribution < 1.29 is 0 Å². The second-order valence-corrected chi connectivity index (χ2v) is 19.1. The third kappa shape index (κ3) is 4.95. The lowest BCUT2D eigenvalue weighted by atomic mass is 9.36. The van der Waals surface area contributed by atoms with Crippen molar-refractivity contribution in [3.63, 3.8) is 0 Å². The molecule has 0 saturated carbocycles. The van der Waals surface area contributed by atoms with Crippen molar-refractivity contribution in [1.29, 1.82) is 0 Å². The van der Waals surface area contributed by atoms with E-state index in [0.29, 0.717) is 0 Å². The molecule has 4 heteroatoms. The van der Waals surface area contributed by atoms with Gasteiger partial charge in [0.2, 0.25) is 0 Å². The Bertz CT molecular complexity index is 3540. The first-order chi connectivity index (χ1) is 32.1. The van der Waals surface area contributed by atoms with E-state index in [4.69, 9.17) is 0 Å². The quantitative estimate of drug-likeness (QED) is 0.163. The summed E-state index contributed by atoms with van der Waals surface area (Å²) in [4.78, 5) is 6.57. The third-order valence-corrected chi connectivity index (χ3v) is 15.9. The SMILES string of the molecule is Cc1ccc(N2c3cccc4c3B(c3ccc(-c5ccccc5-c5ccccc5)cc3N4c3ccccc3)c3sc4c(c32)-c2ccc(C)cc2C42c3ccccc3-c3ccccc32)cc1. The summed E-state index contributed by atoms with van der Waals surface area (Å²) in [5.74, 6) is 0. The molecule has 0 N–H and O–H groups in total. The monoisotopic (exact) mass is 844 g/mol. The minimum Gasteiger partial charge on any atom is -0.311 e. The van der Waals surface area contributed by atoms with Gasteiger partial charge in [0, 0.05) is 43.7 Å². The number of thiophene rings is 1. The molecule has 0 atom stereocenters. The molecule has 2 aliphatic heterocycles. The molecule has 2 nitrogen and oxygen atoms in total. The summed E-state index contributed by atoms with van der Waals surface area (Å²) in [7, 11) is 0. The molecular weight excluding hydrogens is 804 g/mol. The maximum Gasteiger partial charge on any atom is 0.264 e. The van der Waals surface area contributed by atoms with Crippen LogP contribution in [0.25, 0.3) is 44.5 Å². The minimum atomic E-state index is -0.446. The van der Waals surface area contributed by atoms with Crippen LogP contribution in [-0.2, 0) is 5.41 Å². The highest BCUT2D eigenvalue weighted by Gasteiger charge is 2.56. The molecular formula is C61H41BN2S. The van der Waals surface area contributed by atoms with Gasteiger partial charge in [0.1, 0.15) is 0 Å². The van der Waals surface area contributed by atoms with Crippen LogP contribution in [0.1, 0.15) is 32.7 Å². The molecule has 1 spiro atoms. The highest BCUT2D eigenvalue weighted by molar-refractivity contribution is 7.30. The number of aryl methyl sites for hydroxylation is 2. The zero-order valence-corrected chi connectivity index (χ0v) is 36.9. The van der Waals surface area contributed by atoms with Gasteiger partial charge < -0.3 is 9.80 Å². The number of nitrogens with zero attached hydrogens (tertiary/aromatic N) is 2. The Hall–Kier alpha value is -7.66. The molecule has 14 rings (SSSR count). The highest BCUT2D eigenvalue weighted by Crippen LogP contribution is 2.67. The number of para-hydroxylation sites is 1. The molecule has 304 valence electrons. The maximum atomic E-state index is 2.62. The average molecular weight is 845 g/mol. The molecule has 2 aliphatic carbocycles. The van der Waals surface area contributed by atoms with Crippen molar-refractivity contribution in [1.82, 2.24) is 0 Å². The summed E-state index contributed by atoms with van der Waals surface area (Å²) < 4.78 is 1.40. The Labute approximate surface area is 384 Å². The van der Waals surface area contributed by atoms with Crippen LogP contribution in [0.15, 0.2) is 212 Å². The van der Waals surface area contributed by atoms with Crippen LogP contribution in [0.2, 0.25) is 0 Å². The third-order valence-electron chi connectivity index (χ3n) is 14.6. The van der Waals surface area contributed by atoms with Gasteiger partial charge in [-0.25, -0.2) is 0 Å². The van der Waals surface area contributed by atoms with Gasteiger partial charge in [-0.1, -0.05) is 181 Å². The Kier molecular flexibility index (Phi) is 7.74. The van der Waals surface area contributed by atoms with Gasteiger partial charge in [0.25, 0.3) is 6.71 Å². The average Bonchev–Trinajstić information content (AvgIpc) is 3.98. The first kappa shape index (κ1) is 36.8. The van der Waals surface area contributed by atoms with E-state index in [0.717, 1.165) is 5.69 Å². The fraction of sp³-hybridized carbons (Fsp3) is 0.0492. The van der Waals surface area contributed by atoms with Gasteiger partial charge in [-0.15, -0.1) is 11.3 Å². The summed E-state index contributed by atoms with van der Waals surface area (Å²) in [6, 6.07) is 79.8. The maximum absolute atomic E-state index is 2.62. The first-order valence-electron chi connectivity index (χ1n) is 22.7. The number of rotatable bonds is 4. The molecule has 9 aromatic carbocycles. The summed E-state index contributed by atoms with van der Waals surface area (Å²) in [5, 5.41) is 0. The summed E-state index contributed by atoms with van der Waals surface area (Å²) in [5.41, 5.74) is 26.5. The molecule has 0 unspecified atom stereocenters. The summed E-state index contributed by atoms with van der Waals surface area (Å²) in [6.45, 7) is 4.44. The molecule has 1 aromatic heterocycles. The van der Waals surface area contributed by atoms with E-state index >= 15 is 0 Å². The molecule has 0 radical (unpaired) electrons. The van der Waals surface area contributed by atoms with Crippen molar-refractivity contribution in [2.24, 2.45) is 0 Å². The molecule has 0 fully saturated rings. The van der Waals surface area contributed by atoms with Crippen molar-refractivity contribution >= 4 is 67.9 Å². The molecule has 10 aromatic rings. The number of fused-ring (bicyclic) bond motifs is 15. The lowest BCUT2D eigenvalue weighted by molar-refractivity contribution is 0.810. The van der Waals surface area contributed by atoms with Crippen molar-refractivity contribution in [3.05, 3.63) is 245 Å². The Balaban J connectivity index is 1.10. The number of benzene rings is 9. The Morgan fingerprint density at radius 1 is 0.415 bits per heavy atom. The highest BCUT2D eigenvalue weighted by atomic mass is 32.1. The van der Waals surface area contributed by atoms with E-state index in [2.05, 4.69) is 247 Å². The number of anilines is 6. The summed E-state index contributed by atoms with van der Waals surface area (Å²) in [6.07, 6.45) is 0. The summed E-state index contributed by atoms with van der Waals surface area (Å²) >= 11 is 2.05. The van der Waals surface area contributed by atoms with Crippen LogP contribution >= 0.6 is 11.3 Å². The zero-order chi connectivity index (χ0) is 43.0. The first-order valence-corrected chi connectivity index (χ1v) is 23.5. The molecule has 0 saturated heterocycles. The van der Waals surface area contributed by atoms with E-state index < -0.39 is 5.41 Å². The Morgan fingerprint density at radius 2 is 1.00 bits per heavy atom. The van der Waals surface area contributed by atoms with E-state index in [9.17, 15) is 0 Å². The lowest BCUT2D eigenvalue weighted by Crippen LogP contribution is -2.60. The van der Waals surface area contributed by atoms with Crippen LogP contribution in [0, 0.1) is 13.8 Å². The second-order valence-electron chi connectivity index (χ2n) is 18.1. The van der Waals surface area contributed by atoms with Crippen LogP contribution in [0.4, 0.5) is 34.1 Å². The molecule has 0 bridgehead atoms. The predicted octanol–water partition coefficient (Wildman–Crippen LogP) is 14.1. The molecule has 0 amide bonds. The molecule has 3 heterocycles. The second kappa shape index (κ2) is 13.7. The normalized spacial score (nSPS) is 14.0. The lowest BCUT2D eigenvalue weighted by Gasteiger charge is -2.43. The van der Waals surface area contributed by atoms with Crippen LogP contribution in [0.3, 0.4) is 0 Å². The number of hydrogen-bond donors (Lipinski definition) is 0. The smallest absolute Gasteiger partial charge is 0.264 e. The molecule has 4 aliphatic rings. The van der Waals surface area contributed by atoms with Crippen LogP contribution < -0.4 is 25.5 Å². The largest absolute Gasteiger partial charge is 0.311 e. The zero-order valence-electron chi connectivity index (χ0n) is 36.1. The van der Waals surface area contributed by atoms with Gasteiger partial charge in [-0.3, -0.25) is 0 Å².